The third-order valence-corrected chi connectivity index (χ3v) is 6.94. The van der Waals surface area contributed by atoms with Gasteiger partial charge in [0.1, 0.15) is 6.04 Å². The van der Waals surface area contributed by atoms with Crippen molar-refractivity contribution in [2.45, 2.75) is 24.8 Å². The third-order valence-electron chi connectivity index (χ3n) is 4.44. The fraction of sp³-hybridized carbons (Fsp3) is 0.190. The zero-order valence-corrected chi connectivity index (χ0v) is 19.6. The molecule has 0 aliphatic rings. The molecule has 0 fully saturated rings. The van der Waals surface area contributed by atoms with Crippen LogP contribution in [0.2, 0.25) is 5.02 Å². The van der Waals surface area contributed by atoms with E-state index in [1.807, 2.05) is 0 Å². The van der Waals surface area contributed by atoms with E-state index >= 15 is 0 Å². The summed E-state index contributed by atoms with van der Waals surface area (Å²) >= 11 is 7.23. The van der Waals surface area contributed by atoms with Crippen molar-refractivity contribution in [2.75, 3.05) is 10.0 Å². The van der Waals surface area contributed by atoms with Gasteiger partial charge in [-0.15, -0.1) is 11.3 Å². The van der Waals surface area contributed by atoms with Gasteiger partial charge in [0, 0.05) is 17.3 Å². The van der Waals surface area contributed by atoms with Gasteiger partial charge in [0.2, 0.25) is 5.91 Å². The summed E-state index contributed by atoms with van der Waals surface area (Å²) in [5, 5.41) is 7.62. The van der Waals surface area contributed by atoms with Crippen molar-refractivity contribution >= 4 is 55.6 Å². The quantitative estimate of drug-likeness (QED) is 0.439. The van der Waals surface area contributed by atoms with E-state index in [1.54, 1.807) is 43.5 Å². The Labute approximate surface area is 195 Å². The zero-order valence-electron chi connectivity index (χ0n) is 17.2. The first-order chi connectivity index (χ1) is 15.2. The normalized spacial score (nSPS) is 12.2. The molecule has 0 radical (unpaired) electrons. The summed E-state index contributed by atoms with van der Waals surface area (Å²) in [4.78, 5) is 29.3. The summed E-state index contributed by atoms with van der Waals surface area (Å²) in [6.45, 7) is 3.61. The number of nitrogens with one attached hydrogen (secondary N) is 3. The van der Waals surface area contributed by atoms with Crippen molar-refractivity contribution < 1.29 is 18.0 Å². The number of aromatic nitrogens is 1. The van der Waals surface area contributed by atoms with Crippen molar-refractivity contribution in [1.82, 2.24) is 10.3 Å². The predicted molar refractivity (Wildman–Crippen MR) is 126 cm³/mol. The average molecular weight is 493 g/mol. The Morgan fingerprint density at radius 2 is 1.75 bits per heavy atom. The lowest BCUT2D eigenvalue weighted by Crippen LogP contribution is -2.47. The zero-order chi connectivity index (χ0) is 23.3. The molecule has 2 amide bonds. The lowest BCUT2D eigenvalue weighted by molar-refractivity contribution is -0.118. The number of hydrogen-bond donors (Lipinski definition) is 3. The molecule has 0 spiro atoms. The molecule has 32 heavy (non-hydrogen) atoms. The largest absolute Gasteiger partial charge is 0.340 e. The molecule has 3 aromatic rings. The summed E-state index contributed by atoms with van der Waals surface area (Å²) in [7, 11) is -3.79. The number of thiazole rings is 1. The predicted octanol–water partition coefficient (Wildman–Crippen LogP) is 3.99. The van der Waals surface area contributed by atoms with Crippen LogP contribution in [0.25, 0.3) is 0 Å². The number of halogens is 1. The fourth-order valence-electron chi connectivity index (χ4n) is 2.78. The van der Waals surface area contributed by atoms with Crippen LogP contribution in [0.1, 0.15) is 24.2 Å². The van der Waals surface area contributed by atoms with Crippen LogP contribution in [0.3, 0.4) is 0 Å². The smallest absolute Gasteiger partial charge is 0.263 e. The number of benzene rings is 2. The van der Waals surface area contributed by atoms with Gasteiger partial charge in [0.25, 0.3) is 15.9 Å². The van der Waals surface area contributed by atoms with Crippen LogP contribution in [0.15, 0.2) is 65.0 Å². The molecular weight excluding hydrogens is 472 g/mol. The lowest BCUT2D eigenvalue weighted by atomic mass is 10.0. The molecule has 1 heterocycles. The number of carbonyl (C=O) groups excluding carboxylic acids is 2. The summed E-state index contributed by atoms with van der Waals surface area (Å²) in [5.74, 6) is -1.10. The van der Waals surface area contributed by atoms with Gasteiger partial charge in [-0.2, -0.15) is 0 Å². The molecule has 0 saturated heterocycles. The van der Waals surface area contributed by atoms with E-state index in [0.717, 1.165) is 11.3 Å². The van der Waals surface area contributed by atoms with Crippen LogP contribution in [-0.2, 0) is 14.8 Å². The molecule has 0 aliphatic heterocycles. The van der Waals surface area contributed by atoms with Gasteiger partial charge < -0.3 is 10.6 Å². The molecule has 1 aromatic heterocycles. The number of carbonyl (C=O) groups is 2. The van der Waals surface area contributed by atoms with Crippen molar-refractivity contribution in [1.29, 1.82) is 0 Å². The highest BCUT2D eigenvalue weighted by atomic mass is 35.5. The maximum absolute atomic E-state index is 12.8. The van der Waals surface area contributed by atoms with Crippen LogP contribution in [0.4, 0.5) is 10.8 Å². The molecule has 0 bridgehead atoms. The number of sulfonamides is 1. The van der Waals surface area contributed by atoms with E-state index in [9.17, 15) is 18.0 Å². The van der Waals surface area contributed by atoms with Gasteiger partial charge >= 0.3 is 0 Å². The Bertz CT molecular complexity index is 1200. The van der Waals surface area contributed by atoms with Crippen LogP contribution in [0, 0.1) is 5.92 Å². The number of rotatable bonds is 8. The number of anilines is 2. The topological polar surface area (TPSA) is 117 Å². The summed E-state index contributed by atoms with van der Waals surface area (Å²) in [6.07, 6.45) is 1.50. The maximum Gasteiger partial charge on any atom is 0.263 e. The second-order valence-corrected chi connectivity index (χ2v) is 10.1. The van der Waals surface area contributed by atoms with Crippen LogP contribution < -0.4 is 15.4 Å². The molecule has 11 heteroatoms. The van der Waals surface area contributed by atoms with E-state index in [0.29, 0.717) is 5.69 Å². The Hall–Kier alpha value is -2.95. The van der Waals surface area contributed by atoms with Crippen molar-refractivity contribution in [3.63, 3.8) is 0 Å². The molecule has 0 unspecified atom stereocenters. The summed E-state index contributed by atoms with van der Waals surface area (Å²) < 4.78 is 27.2. The lowest BCUT2D eigenvalue weighted by Gasteiger charge is -2.22. The molecule has 8 nitrogen and oxygen atoms in total. The van der Waals surface area contributed by atoms with E-state index in [4.69, 9.17) is 11.6 Å². The minimum atomic E-state index is -3.79. The maximum atomic E-state index is 12.8. The van der Waals surface area contributed by atoms with Crippen LogP contribution in [0.5, 0.6) is 0 Å². The summed E-state index contributed by atoms with van der Waals surface area (Å²) in [5.41, 5.74) is 0.663. The van der Waals surface area contributed by atoms with Crippen molar-refractivity contribution in [3.8, 4) is 0 Å². The monoisotopic (exact) mass is 492 g/mol. The Morgan fingerprint density at radius 3 is 2.34 bits per heavy atom. The Kier molecular flexibility index (Phi) is 7.49. The minimum Gasteiger partial charge on any atom is -0.340 e. The van der Waals surface area contributed by atoms with Crippen molar-refractivity contribution in [3.05, 3.63) is 70.7 Å². The molecule has 1 atom stereocenters. The van der Waals surface area contributed by atoms with Crippen LogP contribution in [-0.4, -0.2) is 31.3 Å². The highest BCUT2D eigenvalue weighted by Crippen LogP contribution is 2.20. The van der Waals surface area contributed by atoms with Crippen LogP contribution >= 0.6 is 22.9 Å². The standard InChI is InChI=1S/C21H21ClN4O4S2/c1-13(2)18(25-19(27)16-5-3-4-6-17(16)22)20(28)24-14-7-9-15(10-8-14)32(29,30)26-21-23-11-12-31-21/h3-13,18H,1-2H3,(H,23,26)(H,24,28)(H,25,27)/t18-/m1/s1. The SMILES string of the molecule is CC(C)[C@@H](NC(=O)c1ccccc1Cl)C(=O)Nc1ccc(S(=O)(=O)Nc2nccs2)cc1. The molecule has 0 aliphatic carbocycles. The first-order valence-corrected chi connectivity index (χ1v) is 12.3. The molecule has 2 aromatic carbocycles. The van der Waals surface area contributed by atoms with Gasteiger partial charge in [0.05, 0.1) is 15.5 Å². The molecule has 168 valence electrons. The van der Waals surface area contributed by atoms with Gasteiger partial charge in [-0.1, -0.05) is 37.6 Å². The number of nitrogens with zero attached hydrogens (tertiary/aromatic N) is 1. The summed E-state index contributed by atoms with van der Waals surface area (Å²) in [6, 6.07) is 11.4. The Morgan fingerprint density at radius 1 is 1.06 bits per heavy atom. The van der Waals surface area contributed by atoms with E-state index in [2.05, 4.69) is 20.3 Å². The molecule has 3 N–H and O–H groups in total. The second-order valence-electron chi connectivity index (χ2n) is 7.13. The van der Waals surface area contributed by atoms with Crippen molar-refractivity contribution in [2.24, 2.45) is 5.92 Å². The van der Waals surface area contributed by atoms with Gasteiger partial charge in [0.15, 0.2) is 5.13 Å². The highest BCUT2D eigenvalue weighted by molar-refractivity contribution is 7.93. The van der Waals surface area contributed by atoms with Gasteiger partial charge in [-0.3, -0.25) is 14.3 Å². The first kappa shape index (κ1) is 23.7. The van der Waals surface area contributed by atoms with E-state index < -0.39 is 27.9 Å². The minimum absolute atomic E-state index is 0.0260. The average Bonchev–Trinajstić information content (AvgIpc) is 3.24. The molecule has 3 rings (SSSR count). The van der Waals surface area contributed by atoms with E-state index in [-0.39, 0.29) is 26.5 Å². The number of amides is 2. The Balaban J connectivity index is 1.69. The number of hydrogen-bond acceptors (Lipinski definition) is 6. The first-order valence-electron chi connectivity index (χ1n) is 9.56. The second kappa shape index (κ2) is 10.1. The third kappa shape index (κ3) is 5.84. The fourth-order valence-corrected chi connectivity index (χ4v) is 4.79. The van der Waals surface area contributed by atoms with Gasteiger partial charge in [-0.05, 0) is 42.3 Å². The van der Waals surface area contributed by atoms with E-state index in [1.165, 1.54) is 30.5 Å². The molecular formula is C21H21ClN4O4S2. The molecule has 0 saturated carbocycles. The van der Waals surface area contributed by atoms with Gasteiger partial charge in [-0.25, -0.2) is 13.4 Å². The highest BCUT2D eigenvalue weighted by Gasteiger charge is 2.25.